The smallest absolute Gasteiger partial charge is 0.356 e. The average molecular weight is 1350 g/mol. The molecule has 12 heterocycles. The molecule has 0 unspecified atom stereocenters. The van der Waals surface area contributed by atoms with Crippen LogP contribution in [-0.4, -0.2) is 168 Å². The Morgan fingerprint density at radius 2 is 0.840 bits per heavy atom. The molecule has 0 saturated carbocycles. The van der Waals surface area contributed by atoms with Gasteiger partial charge in [-0.15, -0.1) is 34.0 Å². The quantitative estimate of drug-likeness (QED) is 0.0503. The van der Waals surface area contributed by atoms with Crippen molar-refractivity contribution in [3.05, 3.63) is 122 Å². The summed E-state index contributed by atoms with van der Waals surface area (Å²) in [6.07, 6.45) is 10.5. The Labute approximate surface area is 548 Å². The second-order valence-corrected chi connectivity index (χ2v) is 25.9. The monoisotopic (exact) mass is 1350 g/mol. The van der Waals surface area contributed by atoms with Crippen molar-refractivity contribution in [1.29, 1.82) is 0 Å². The van der Waals surface area contributed by atoms with Crippen LogP contribution >= 0.6 is 34.0 Å². The minimum absolute atomic E-state index is 0.0694. The Balaban J connectivity index is 0.000000157. The summed E-state index contributed by atoms with van der Waals surface area (Å²) in [5.74, 6) is -2.50. The number of hydrogen-bond acceptors (Lipinski definition) is 25. The van der Waals surface area contributed by atoms with E-state index < -0.39 is 23.4 Å². The Kier molecular flexibility index (Phi) is 22.5. The first-order valence-corrected chi connectivity index (χ1v) is 32.2. The number of likely N-dealkylation sites (tertiary alicyclic amines) is 2. The van der Waals surface area contributed by atoms with Crippen LogP contribution in [0.5, 0.6) is 0 Å². The summed E-state index contributed by atoms with van der Waals surface area (Å²) < 4.78 is 42.0. The van der Waals surface area contributed by atoms with Gasteiger partial charge in [-0.05, 0) is 102 Å². The van der Waals surface area contributed by atoms with Crippen molar-refractivity contribution in [2.75, 3.05) is 55.2 Å². The second kappa shape index (κ2) is 30.8. The lowest BCUT2D eigenvalue weighted by Crippen LogP contribution is -2.37. The number of carbonyl (C=O) groups is 6. The van der Waals surface area contributed by atoms with E-state index in [1.165, 1.54) is 72.3 Å². The van der Waals surface area contributed by atoms with Gasteiger partial charge in [0.25, 0.3) is 11.8 Å². The van der Waals surface area contributed by atoms with Crippen molar-refractivity contribution in [1.82, 2.24) is 90.9 Å². The second-order valence-electron chi connectivity index (χ2n) is 22.3. The van der Waals surface area contributed by atoms with Crippen LogP contribution in [0.2, 0.25) is 0 Å². The number of carboxylic acids is 1. The highest BCUT2D eigenvalue weighted by molar-refractivity contribution is 7.19. The predicted molar refractivity (Wildman–Crippen MR) is 347 cm³/mol. The zero-order valence-corrected chi connectivity index (χ0v) is 55.0. The molecule has 3 aliphatic heterocycles. The number of nitrogens with zero attached hydrogens (tertiary/aromatic N) is 14. The van der Waals surface area contributed by atoms with Crippen LogP contribution in [0.4, 0.5) is 31.0 Å². The summed E-state index contributed by atoms with van der Waals surface area (Å²) in [7, 11) is 0. The summed E-state index contributed by atoms with van der Waals surface area (Å²) in [5.41, 5.74) is 3.49. The number of aryl methyl sites for hydroxylation is 3. The largest absolute Gasteiger partial charge is 0.476 e. The lowest BCUT2D eigenvalue weighted by atomic mass is 10.1. The van der Waals surface area contributed by atoms with E-state index in [-0.39, 0.29) is 94.7 Å². The van der Waals surface area contributed by atoms with Crippen LogP contribution in [0, 0.1) is 38.2 Å². The molecule has 9 aromatic rings. The topological polar surface area (TPSA) is 368 Å². The first-order chi connectivity index (χ1) is 44.8. The number of carboxylic acid groups (broad SMARTS) is 1. The van der Waals surface area contributed by atoms with Gasteiger partial charge in [0.2, 0.25) is 35.6 Å². The Hall–Kier alpha value is -9.67. The van der Waals surface area contributed by atoms with E-state index in [0.29, 0.717) is 97.8 Å². The molecule has 0 bridgehead atoms. The maximum absolute atomic E-state index is 13.5. The van der Waals surface area contributed by atoms with E-state index in [1.54, 1.807) is 43.0 Å². The molecule has 0 radical (unpaired) electrons. The maximum atomic E-state index is 13.5. The molecule has 12 rings (SSSR count). The summed E-state index contributed by atoms with van der Waals surface area (Å²) in [6, 6.07) is 3.33. The number of amides is 5. The highest BCUT2D eigenvalue weighted by atomic mass is 32.1. The van der Waals surface area contributed by atoms with Gasteiger partial charge in [-0.2, -0.15) is 15.0 Å². The van der Waals surface area contributed by atoms with Gasteiger partial charge in [0.1, 0.15) is 31.6 Å². The van der Waals surface area contributed by atoms with Crippen LogP contribution in [0.3, 0.4) is 0 Å². The fourth-order valence-electron chi connectivity index (χ4n) is 10.3. The van der Waals surface area contributed by atoms with E-state index in [2.05, 4.69) is 97.0 Å². The lowest BCUT2D eigenvalue weighted by molar-refractivity contribution is -0.120. The third-order valence-corrected chi connectivity index (χ3v) is 17.5. The number of rotatable bonds is 15. The van der Waals surface area contributed by atoms with Crippen LogP contribution in [-0.2, 0) is 14.4 Å². The molecule has 5 amide bonds. The van der Waals surface area contributed by atoms with Crippen molar-refractivity contribution in [2.24, 2.45) is 0 Å². The zero-order chi connectivity index (χ0) is 67.5. The number of carbonyl (C=O) groups excluding carboxylic acids is 5. The summed E-state index contributed by atoms with van der Waals surface area (Å²) in [5, 5.41) is 32.5. The van der Waals surface area contributed by atoms with Gasteiger partial charge in [-0.1, -0.05) is 0 Å². The van der Waals surface area contributed by atoms with Gasteiger partial charge in [-0.25, -0.2) is 47.9 Å². The number of nitrogens with one attached hydrogen (secondary N) is 7. The van der Waals surface area contributed by atoms with Crippen molar-refractivity contribution in [3.63, 3.8) is 0 Å². The number of aromatic nitrogens is 12. The van der Waals surface area contributed by atoms with E-state index >= 15 is 0 Å². The molecule has 3 fully saturated rings. The van der Waals surface area contributed by atoms with Crippen LogP contribution in [0.15, 0.2) is 55.4 Å². The SMILES string of the molecule is CC(=O)N[C@H]1CCN(C(=O)c2nc(N[C@@H](C)c3cncc(F)c3)nc3nc(C)sc23)C1.CC(=O)N[C@H]1CCN(C(=O)c2nc(N[C@@H](C)c3cncc(F)c3)nc3nc(C)sc23)C1.CC(=O)N[C@H]1CCNC1.Cc1nc2nc(N[C@@H](C)c3cncc(F)c3)nc(C(=O)O)c2s1. The number of thiazole rings is 3. The van der Waals surface area contributed by atoms with E-state index in [1.807, 2.05) is 27.7 Å². The molecular weight excluding hydrogens is 1280 g/mol. The number of halogens is 3. The van der Waals surface area contributed by atoms with Crippen molar-refractivity contribution in [2.45, 2.75) is 118 Å². The molecular formula is C60H68F3N21O7S3. The van der Waals surface area contributed by atoms with Crippen molar-refractivity contribution in [3.8, 4) is 0 Å². The van der Waals surface area contributed by atoms with Gasteiger partial charge in [0.05, 0.1) is 51.7 Å². The highest BCUT2D eigenvalue weighted by Gasteiger charge is 2.33. The minimum atomic E-state index is -1.15. The van der Waals surface area contributed by atoms with Crippen LogP contribution in [0.1, 0.15) is 142 Å². The number of pyridine rings is 3. The fourth-order valence-corrected chi connectivity index (χ4v) is 12.8. The number of anilines is 3. The highest BCUT2D eigenvalue weighted by Crippen LogP contribution is 2.31. The van der Waals surface area contributed by atoms with Crippen LogP contribution in [0.25, 0.3) is 31.0 Å². The number of hydrogen-bond donors (Lipinski definition) is 8. The fraction of sp³-hybridized carbons (Fsp3) is 0.400. The molecule has 3 saturated heterocycles. The van der Waals surface area contributed by atoms with Gasteiger partial charge >= 0.3 is 5.97 Å². The molecule has 0 aliphatic carbocycles. The first kappa shape index (κ1) is 68.7. The van der Waals surface area contributed by atoms with Crippen molar-refractivity contribution >= 4 is 118 Å². The molecule has 0 spiro atoms. The molecule has 34 heteroatoms. The zero-order valence-electron chi connectivity index (χ0n) is 52.5. The molecule has 8 N–H and O–H groups in total. The standard InChI is InChI=1S/2C20H22FN7O2S.C14H12FN5O2S.C6H12N2O/c2*1-10(13-6-14(21)8-22-7-13)23-20-26-16(17-18(27-20)25-12(3)31-17)19(30)28-5-4-15(9-28)24-11(2)29;1-6(8-3-9(15)5-16-4-8)17-14-19-10(13(21)22)11-12(20-14)18-7(2)23-11;1-5(9)8-6-2-3-7-4-6/h2*6-8,10,15H,4-5,9H2,1-3H3,(H,24,29)(H,23,26,27);3-6H,1-2H3,(H,21,22)(H,17,19,20);6-7H,2-4H2,1H3,(H,8,9)/t2*10-,15-;2*6-/m0000/s1. The van der Waals surface area contributed by atoms with E-state index in [4.69, 9.17) is 0 Å². The molecule has 0 aromatic carbocycles. The van der Waals surface area contributed by atoms with Gasteiger partial charge in [-0.3, -0.25) is 38.9 Å². The van der Waals surface area contributed by atoms with E-state index in [9.17, 15) is 47.0 Å². The molecule has 6 atom stereocenters. The van der Waals surface area contributed by atoms with Crippen molar-refractivity contribution < 1.29 is 47.0 Å². The number of fused-ring (bicyclic) bond motifs is 3. The maximum Gasteiger partial charge on any atom is 0.356 e. The molecule has 3 aliphatic rings. The normalized spacial score (nSPS) is 16.7. The predicted octanol–water partition coefficient (Wildman–Crippen LogP) is 7.19. The summed E-state index contributed by atoms with van der Waals surface area (Å²) in [6.45, 7) is 19.2. The molecule has 28 nitrogen and oxygen atoms in total. The Morgan fingerprint density at radius 1 is 0.500 bits per heavy atom. The molecule has 494 valence electrons. The molecule has 9 aromatic heterocycles. The Bertz CT molecular complexity index is 4090. The Morgan fingerprint density at radius 3 is 1.16 bits per heavy atom. The third kappa shape index (κ3) is 18.1. The van der Waals surface area contributed by atoms with Gasteiger partial charge in [0, 0.05) is 90.2 Å². The summed E-state index contributed by atoms with van der Waals surface area (Å²) in [4.78, 5) is 125. The van der Waals surface area contributed by atoms with Gasteiger partial charge < -0.3 is 52.1 Å². The summed E-state index contributed by atoms with van der Waals surface area (Å²) >= 11 is 3.95. The minimum Gasteiger partial charge on any atom is -0.476 e. The van der Waals surface area contributed by atoms with Crippen LogP contribution < -0.4 is 37.2 Å². The average Bonchev–Trinajstić information content (AvgIpc) is 1.60. The lowest BCUT2D eigenvalue weighted by Gasteiger charge is -2.18. The van der Waals surface area contributed by atoms with Gasteiger partial charge in [0.15, 0.2) is 34.0 Å². The number of aromatic carboxylic acids is 1. The first-order valence-electron chi connectivity index (χ1n) is 29.7. The third-order valence-electron chi connectivity index (χ3n) is 14.6. The van der Waals surface area contributed by atoms with E-state index in [0.717, 1.165) is 48.1 Å². The molecule has 94 heavy (non-hydrogen) atoms.